The Morgan fingerprint density at radius 2 is 1.79 bits per heavy atom. The van der Waals surface area contributed by atoms with Gasteiger partial charge in [0, 0.05) is 6.42 Å². The maximum Gasteiger partial charge on any atom is 0.231 e. The number of nitrogens with zero attached hydrogens (tertiary/aromatic N) is 3. The molecule has 0 radical (unpaired) electrons. The molecule has 1 aromatic heterocycles. The summed E-state index contributed by atoms with van der Waals surface area (Å²) < 4.78 is 24.3. The average Bonchev–Trinajstić information content (AvgIpc) is 3.08. The Kier molecular flexibility index (Phi) is 3.94. The summed E-state index contributed by atoms with van der Waals surface area (Å²) in [5.74, 6) is 1.73. The average molecular weight is 392 g/mol. The van der Waals surface area contributed by atoms with E-state index in [1.54, 1.807) is 12.1 Å². The molecule has 146 valence electrons. The van der Waals surface area contributed by atoms with Gasteiger partial charge in [0.1, 0.15) is 11.5 Å². The molecule has 5 N–H and O–H groups in total. The van der Waals surface area contributed by atoms with Crippen molar-refractivity contribution in [3.8, 4) is 11.5 Å². The summed E-state index contributed by atoms with van der Waals surface area (Å²) in [5, 5.41) is 3.36. The largest absolute Gasteiger partial charge is 0.454 e. The lowest BCUT2D eigenvalue weighted by atomic mass is 9.97. The summed E-state index contributed by atoms with van der Waals surface area (Å²) in [4.78, 5) is 13.0. The van der Waals surface area contributed by atoms with E-state index >= 15 is 0 Å². The maximum absolute atomic E-state index is 13.4. The monoisotopic (exact) mass is 392 g/mol. The first-order valence-corrected chi connectivity index (χ1v) is 8.99. The predicted molar refractivity (Wildman–Crippen MR) is 107 cm³/mol. The van der Waals surface area contributed by atoms with Crippen LogP contribution in [0, 0.1) is 5.82 Å². The first-order chi connectivity index (χ1) is 14.1. The van der Waals surface area contributed by atoms with Gasteiger partial charge in [-0.05, 0) is 35.4 Å². The number of fused-ring (bicyclic) bond motifs is 2. The Bertz CT molecular complexity index is 1130. The standard InChI is InChI=1S/C20H17FN6O2/c21-12-4-1-10(2-5-12)13-8-14(11-3-6-15-16(7-11)29-9-28-15)25-19-17(24-13)18(22)26-20(23)27-19/h1-7,14H,8-9H2,(H5,22,23,25,26,27). The molecule has 5 rings (SSSR count). The van der Waals surface area contributed by atoms with Crippen molar-refractivity contribution in [3.05, 3.63) is 59.4 Å². The van der Waals surface area contributed by atoms with Crippen molar-refractivity contribution in [3.63, 3.8) is 0 Å². The van der Waals surface area contributed by atoms with Gasteiger partial charge in [-0.1, -0.05) is 18.2 Å². The molecule has 29 heavy (non-hydrogen) atoms. The number of hydrogen-bond acceptors (Lipinski definition) is 8. The molecule has 1 atom stereocenters. The zero-order chi connectivity index (χ0) is 20.0. The van der Waals surface area contributed by atoms with Crippen LogP contribution in [-0.2, 0) is 0 Å². The molecule has 0 saturated carbocycles. The molecule has 0 bridgehead atoms. The van der Waals surface area contributed by atoms with Crippen LogP contribution in [0.5, 0.6) is 11.5 Å². The molecule has 0 amide bonds. The van der Waals surface area contributed by atoms with E-state index in [0.29, 0.717) is 29.4 Å². The zero-order valence-corrected chi connectivity index (χ0v) is 15.2. The predicted octanol–water partition coefficient (Wildman–Crippen LogP) is 3.19. The van der Waals surface area contributed by atoms with Crippen LogP contribution in [0.2, 0.25) is 0 Å². The third-order valence-electron chi connectivity index (χ3n) is 4.86. The Balaban J connectivity index is 1.62. The van der Waals surface area contributed by atoms with Gasteiger partial charge in [-0.2, -0.15) is 9.97 Å². The summed E-state index contributed by atoms with van der Waals surface area (Å²) in [5.41, 5.74) is 14.7. The molecule has 0 aliphatic carbocycles. The minimum absolute atomic E-state index is 0.0543. The van der Waals surface area contributed by atoms with Crippen LogP contribution in [0.15, 0.2) is 47.5 Å². The second-order valence-corrected chi connectivity index (χ2v) is 6.74. The van der Waals surface area contributed by atoms with Crippen molar-refractivity contribution < 1.29 is 13.9 Å². The van der Waals surface area contributed by atoms with Gasteiger partial charge < -0.3 is 26.3 Å². The number of anilines is 3. The highest BCUT2D eigenvalue weighted by atomic mass is 19.1. The molecule has 0 spiro atoms. The van der Waals surface area contributed by atoms with E-state index in [4.69, 9.17) is 25.9 Å². The normalized spacial score (nSPS) is 17.1. The van der Waals surface area contributed by atoms with E-state index in [1.165, 1.54) is 12.1 Å². The summed E-state index contributed by atoms with van der Waals surface area (Å²) in [7, 11) is 0. The Labute approximate surface area is 165 Å². The van der Waals surface area contributed by atoms with E-state index < -0.39 is 0 Å². The molecule has 3 aromatic rings. The van der Waals surface area contributed by atoms with Gasteiger partial charge in [-0.3, -0.25) is 0 Å². The molecule has 0 fully saturated rings. The molecule has 9 heteroatoms. The van der Waals surface area contributed by atoms with Crippen LogP contribution < -0.4 is 26.3 Å². The molecule has 8 nitrogen and oxygen atoms in total. The number of nitrogens with one attached hydrogen (secondary N) is 1. The summed E-state index contributed by atoms with van der Waals surface area (Å²) in [6.45, 7) is 0.197. The number of nitrogen functional groups attached to an aromatic ring is 2. The third kappa shape index (κ3) is 3.16. The van der Waals surface area contributed by atoms with Gasteiger partial charge in [-0.25, -0.2) is 9.38 Å². The van der Waals surface area contributed by atoms with Crippen LogP contribution in [0.4, 0.5) is 27.7 Å². The highest BCUT2D eigenvalue weighted by Crippen LogP contribution is 2.40. The number of rotatable bonds is 2. The zero-order valence-electron chi connectivity index (χ0n) is 15.2. The van der Waals surface area contributed by atoms with Gasteiger partial charge in [0.15, 0.2) is 23.1 Å². The Hall–Kier alpha value is -3.88. The molecule has 0 saturated heterocycles. The van der Waals surface area contributed by atoms with Crippen LogP contribution in [0.25, 0.3) is 0 Å². The topological polar surface area (TPSA) is 121 Å². The van der Waals surface area contributed by atoms with Crippen molar-refractivity contribution in [2.24, 2.45) is 4.99 Å². The molecule has 2 aliphatic rings. The molecule has 3 heterocycles. The van der Waals surface area contributed by atoms with Crippen LogP contribution in [0.3, 0.4) is 0 Å². The van der Waals surface area contributed by atoms with Gasteiger partial charge in [0.25, 0.3) is 0 Å². The molecule has 2 aliphatic heterocycles. The number of nitrogens with two attached hydrogens (primary N) is 2. The van der Waals surface area contributed by atoms with Crippen LogP contribution in [0.1, 0.15) is 23.6 Å². The lowest BCUT2D eigenvalue weighted by Crippen LogP contribution is -2.15. The van der Waals surface area contributed by atoms with Gasteiger partial charge >= 0.3 is 0 Å². The van der Waals surface area contributed by atoms with Gasteiger partial charge in [0.05, 0.1) is 11.8 Å². The fraction of sp³-hybridized carbons (Fsp3) is 0.150. The van der Waals surface area contributed by atoms with Gasteiger partial charge in [-0.15, -0.1) is 0 Å². The second-order valence-electron chi connectivity index (χ2n) is 6.74. The lowest BCUT2D eigenvalue weighted by Gasteiger charge is -2.19. The SMILES string of the molecule is Nc1nc(N)c2c(n1)NC(c1ccc3c(c1)OCO3)CC(c1ccc(F)cc1)=N2. The third-order valence-corrected chi connectivity index (χ3v) is 4.86. The fourth-order valence-electron chi connectivity index (χ4n) is 3.45. The van der Waals surface area contributed by atoms with Crippen LogP contribution >= 0.6 is 0 Å². The number of hydrogen-bond donors (Lipinski definition) is 3. The van der Waals surface area contributed by atoms with Crippen molar-refractivity contribution in [1.29, 1.82) is 0 Å². The quantitative estimate of drug-likeness (QED) is 0.612. The number of aliphatic imine (C=N–C) groups is 1. The van der Waals surface area contributed by atoms with E-state index in [1.807, 2.05) is 18.2 Å². The molecular weight excluding hydrogens is 375 g/mol. The number of aromatic nitrogens is 2. The molecular formula is C20H17FN6O2. The van der Waals surface area contributed by atoms with E-state index in [9.17, 15) is 4.39 Å². The van der Waals surface area contributed by atoms with Crippen LogP contribution in [-0.4, -0.2) is 22.5 Å². The Morgan fingerprint density at radius 3 is 2.62 bits per heavy atom. The first kappa shape index (κ1) is 17.2. The number of halogens is 1. The van der Waals surface area contributed by atoms with Crippen molar-refractivity contribution in [2.45, 2.75) is 12.5 Å². The lowest BCUT2D eigenvalue weighted by molar-refractivity contribution is 0.174. The van der Waals surface area contributed by atoms with Gasteiger partial charge in [0.2, 0.25) is 12.7 Å². The van der Waals surface area contributed by atoms with Crippen molar-refractivity contribution in [2.75, 3.05) is 23.6 Å². The highest BCUT2D eigenvalue weighted by Gasteiger charge is 2.26. The highest BCUT2D eigenvalue weighted by molar-refractivity contribution is 6.04. The fourth-order valence-corrected chi connectivity index (χ4v) is 3.45. The minimum Gasteiger partial charge on any atom is -0.454 e. The Morgan fingerprint density at radius 1 is 1.00 bits per heavy atom. The second kappa shape index (κ2) is 6.62. The van der Waals surface area contributed by atoms with E-state index in [-0.39, 0.29) is 30.4 Å². The first-order valence-electron chi connectivity index (χ1n) is 8.99. The molecule has 1 unspecified atom stereocenters. The van der Waals surface area contributed by atoms with Crippen molar-refractivity contribution in [1.82, 2.24) is 9.97 Å². The maximum atomic E-state index is 13.4. The van der Waals surface area contributed by atoms with Crippen molar-refractivity contribution >= 4 is 29.0 Å². The van der Waals surface area contributed by atoms with E-state index in [0.717, 1.165) is 16.8 Å². The summed E-state index contributed by atoms with van der Waals surface area (Å²) in [6.07, 6.45) is 0.501. The number of benzene rings is 2. The summed E-state index contributed by atoms with van der Waals surface area (Å²) >= 11 is 0. The number of ether oxygens (including phenoxy) is 2. The minimum atomic E-state index is -0.315. The summed E-state index contributed by atoms with van der Waals surface area (Å²) in [6, 6.07) is 11.7. The van der Waals surface area contributed by atoms with E-state index in [2.05, 4.69) is 15.3 Å². The molecule has 2 aromatic carbocycles. The smallest absolute Gasteiger partial charge is 0.231 e.